The third kappa shape index (κ3) is 2.59. The molecule has 0 saturated heterocycles. The molecule has 0 spiro atoms. The molecule has 7 heteroatoms. The summed E-state index contributed by atoms with van der Waals surface area (Å²) in [4.78, 5) is 0.936. The SMILES string of the molecule is Cc1cc(-c2noc(N)c2-c2c(Cl)cccc2Cl)sc1Br. The van der Waals surface area contributed by atoms with Gasteiger partial charge in [-0.25, -0.2) is 0 Å². The van der Waals surface area contributed by atoms with Crippen molar-refractivity contribution in [3.05, 3.63) is 43.7 Å². The van der Waals surface area contributed by atoms with Crippen LogP contribution < -0.4 is 5.73 Å². The maximum atomic E-state index is 6.27. The lowest BCUT2D eigenvalue weighted by Gasteiger charge is -2.06. The van der Waals surface area contributed by atoms with Gasteiger partial charge in [0.2, 0.25) is 5.88 Å². The van der Waals surface area contributed by atoms with E-state index in [0.717, 1.165) is 14.2 Å². The van der Waals surface area contributed by atoms with Crippen LogP contribution in [0.2, 0.25) is 10.0 Å². The minimum Gasteiger partial charge on any atom is -0.367 e. The summed E-state index contributed by atoms with van der Waals surface area (Å²) in [5.74, 6) is 0.196. The smallest absolute Gasteiger partial charge is 0.230 e. The highest BCUT2D eigenvalue weighted by Gasteiger charge is 2.23. The topological polar surface area (TPSA) is 52.0 Å². The molecule has 2 aromatic heterocycles. The molecule has 3 rings (SSSR count). The van der Waals surface area contributed by atoms with E-state index in [4.69, 9.17) is 33.5 Å². The molecular formula is C14H9BrCl2N2OS. The van der Waals surface area contributed by atoms with E-state index in [-0.39, 0.29) is 5.88 Å². The molecule has 1 aromatic carbocycles. The fraction of sp³-hybridized carbons (Fsp3) is 0.0714. The number of anilines is 1. The van der Waals surface area contributed by atoms with Crippen molar-refractivity contribution in [1.82, 2.24) is 5.16 Å². The Kier molecular flexibility index (Phi) is 4.01. The molecule has 0 aliphatic carbocycles. The van der Waals surface area contributed by atoms with Gasteiger partial charge in [-0.15, -0.1) is 11.3 Å². The molecule has 0 saturated carbocycles. The normalized spacial score (nSPS) is 11.0. The van der Waals surface area contributed by atoms with Gasteiger partial charge in [-0.05, 0) is 46.6 Å². The number of halogens is 3. The van der Waals surface area contributed by atoms with Crippen molar-refractivity contribution in [2.75, 3.05) is 5.73 Å². The Labute approximate surface area is 143 Å². The van der Waals surface area contributed by atoms with E-state index >= 15 is 0 Å². The van der Waals surface area contributed by atoms with E-state index in [1.807, 2.05) is 13.0 Å². The van der Waals surface area contributed by atoms with Crippen LogP contribution in [0.1, 0.15) is 5.56 Å². The van der Waals surface area contributed by atoms with Crippen LogP contribution in [0.25, 0.3) is 21.7 Å². The number of thiophene rings is 1. The Morgan fingerprint density at radius 2 is 1.90 bits per heavy atom. The minimum absolute atomic E-state index is 0.196. The molecule has 0 unspecified atom stereocenters. The molecule has 2 heterocycles. The summed E-state index contributed by atoms with van der Waals surface area (Å²) in [5, 5.41) is 5.08. The molecule has 0 atom stereocenters. The van der Waals surface area contributed by atoms with Gasteiger partial charge in [0.05, 0.1) is 24.3 Å². The summed E-state index contributed by atoms with van der Waals surface area (Å²) < 4.78 is 6.20. The van der Waals surface area contributed by atoms with E-state index in [2.05, 4.69) is 21.1 Å². The van der Waals surface area contributed by atoms with E-state index in [9.17, 15) is 0 Å². The monoisotopic (exact) mass is 402 g/mol. The number of nitrogens with two attached hydrogens (primary N) is 1. The second-order valence-corrected chi connectivity index (χ2v) is 7.62. The van der Waals surface area contributed by atoms with Crippen LogP contribution in [0.5, 0.6) is 0 Å². The average molecular weight is 404 g/mol. The first-order chi connectivity index (χ1) is 9.99. The van der Waals surface area contributed by atoms with Crippen molar-refractivity contribution >= 4 is 56.4 Å². The lowest BCUT2D eigenvalue weighted by molar-refractivity contribution is 0.439. The first kappa shape index (κ1) is 14.9. The number of nitrogens with zero attached hydrogens (tertiary/aromatic N) is 1. The fourth-order valence-electron chi connectivity index (χ4n) is 2.03. The van der Waals surface area contributed by atoms with E-state index in [1.165, 1.54) is 0 Å². The van der Waals surface area contributed by atoms with Gasteiger partial charge in [0.25, 0.3) is 0 Å². The Morgan fingerprint density at radius 1 is 1.24 bits per heavy atom. The Bertz CT molecular complexity index is 789. The van der Waals surface area contributed by atoms with Gasteiger partial charge in [0, 0.05) is 5.56 Å². The highest BCUT2D eigenvalue weighted by Crippen LogP contribution is 2.45. The zero-order chi connectivity index (χ0) is 15.1. The number of hydrogen-bond acceptors (Lipinski definition) is 4. The fourth-order valence-corrected chi connectivity index (χ4v) is 4.13. The molecule has 3 aromatic rings. The molecular weight excluding hydrogens is 395 g/mol. The number of rotatable bonds is 2. The first-order valence-corrected chi connectivity index (χ1v) is 8.31. The highest BCUT2D eigenvalue weighted by molar-refractivity contribution is 9.11. The van der Waals surface area contributed by atoms with Crippen molar-refractivity contribution < 1.29 is 4.52 Å². The summed E-state index contributed by atoms with van der Waals surface area (Å²) in [6.07, 6.45) is 0. The molecule has 3 nitrogen and oxygen atoms in total. The lowest BCUT2D eigenvalue weighted by Crippen LogP contribution is -1.89. The molecule has 0 bridgehead atoms. The molecule has 21 heavy (non-hydrogen) atoms. The van der Waals surface area contributed by atoms with E-state index in [1.54, 1.807) is 29.5 Å². The maximum Gasteiger partial charge on any atom is 0.230 e. The van der Waals surface area contributed by atoms with Gasteiger partial charge in [0.1, 0.15) is 5.69 Å². The first-order valence-electron chi connectivity index (χ1n) is 5.95. The maximum absolute atomic E-state index is 6.27. The molecule has 2 N–H and O–H groups in total. The Hall–Kier alpha value is -1.01. The number of hydrogen-bond donors (Lipinski definition) is 1. The molecule has 0 amide bonds. The summed E-state index contributed by atoms with van der Waals surface area (Å²) >= 11 is 17.6. The van der Waals surface area contributed by atoms with Gasteiger partial charge >= 0.3 is 0 Å². The van der Waals surface area contributed by atoms with Crippen molar-refractivity contribution in [2.45, 2.75) is 6.92 Å². The second kappa shape index (κ2) is 5.65. The van der Waals surface area contributed by atoms with Crippen LogP contribution in [0.15, 0.2) is 32.6 Å². The Morgan fingerprint density at radius 3 is 2.48 bits per heavy atom. The Balaban J connectivity index is 2.27. The zero-order valence-electron chi connectivity index (χ0n) is 10.8. The van der Waals surface area contributed by atoms with Crippen LogP contribution in [0.3, 0.4) is 0 Å². The third-order valence-electron chi connectivity index (χ3n) is 3.02. The molecule has 108 valence electrons. The number of aryl methyl sites for hydroxylation is 1. The summed E-state index contributed by atoms with van der Waals surface area (Å²) in [5.41, 5.74) is 8.96. The van der Waals surface area contributed by atoms with Crippen molar-refractivity contribution in [3.8, 4) is 21.7 Å². The van der Waals surface area contributed by atoms with Crippen LogP contribution in [0.4, 0.5) is 5.88 Å². The molecule has 0 aliphatic rings. The highest BCUT2D eigenvalue weighted by atomic mass is 79.9. The van der Waals surface area contributed by atoms with Crippen molar-refractivity contribution in [2.24, 2.45) is 0 Å². The van der Waals surface area contributed by atoms with Crippen LogP contribution >= 0.6 is 50.5 Å². The van der Waals surface area contributed by atoms with Gasteiger partial charge < -0.3 is 10.3 Å². The predicted octanol–water partition coefficient (Wildman–Crippen LogP) is 6.03. The van der Waals surface area contributed by atoms with E-state index < -0.39 is 0 Å². The van der Waals surface area contributed by atoms with Crippen LogP contribution in [0, 0.1) is 6.92 Å². The van der Waals surface area contributed by atoms with Crippen LogP contribution in [-0.2, 0) is 0 Å². The third-order valence-corrected chi connectivity index (χ3v) is 5.80. The molecule has 0 radical (unpaired) electrons. The van der Waals surface area contributed by atoms with Gasteiger partial charge in [-0.2, -0.15) is 0 Å². The summed E-state index contributed by atoms with van der Waals surface area (Å²) in [6, 6.07) is 7.31. The zero-order valence-corrected chi connectivity index (χ0v) is 14.7. The van der Waals surface area contributed by atoms with Gasteiger partial charge in [-0.3, -0.25) is 0 Å². The average Bonchev–Trinajstić information content (AvgIpc) is 2.94. The quantitative estimate of drug-likeness (QED) is 0.568. The van der Waals surface area contributed by atoms with Gasteiger partial charge in [0.15, 0.2) is 0 Å². The number of benzene rings is 1. The molecule has 0 aliphatic heterocycles. The van der Waals surface area contributed by atoms with Crippen molar-refractivity contribution in [3.63, 3.8) is 0 Å². The van der Waals surface area contributed by atoms with Crippen molar-refractivity contribution in [1.29, 1.82) is 0 Å². The predicted molar refractivity (Wildman–Crippen MR) is 92.1 cm³/mol. The van der Waals surface area contributed by atoms with E-state index in [0.29, 0.717) is 26.9 Å². The standard InChI is InChI=1S/C14H9BrCl2N2OS/c1-6-5-9(21-13(6)15)12-11(14(18)20-19-12)10-7(16)3-2-4-8(10)17/h2-5H,18H2,1H3. The largest absolute Gasteiger partial charge is 0.367 e. The minimum atomic E-state index is 0.196. The second-order valence-electron chi connectivity index (χ2n) is 4.43. The summed E-state index contributed by atoms with van der Waals surface area (Å²) in [7, 11) is 0. The number of aromatic nitrogens is 1. The van der Waals surface area contributed by atoms with Crippen LogP contribution in [-0.4, -0.2) is 5.16 Å². The lowest BCUT2D eigenvalue weighted by atomic mass is 10.0. The summed E-state index contributed by atoms with van der Waals surface area (Å²) in [6.45, 7) is 2.01. The number of nitrogen functional groups attached to an aromatic ring is 1. The van der Waals surface area contributed by atoms with Gasteiger partial charge in [-0.1, -0.05) is 34.4 Å². The molecule has 0 fully saturated rings.